The van der Waals surface area contributed by atoms with Crippen molar-refractivity contribution in [1.29, 1.82) is 0 Å². The molecule has 0 unspecified atom stereocenters. The lowest BCUT2D eigenvalue weighted by Gasteiger charge is -1.91. The van der Waals surface area contributed by atoms with Crippen molar-refractivity contribution >= 4 is 10.5 Å². The van der Waals surface area contributed by atoms with E-state index in [1.807, 2.05) is 10.5 Å². The van der Waals surface area contributed by atoms with Crippen molar-refractivity contribution in [3.05, 3.63) is 24.3 Å². The predicted molar refractivity (Wildman–Crippen MR) is 37.7 cm³/mol. The molecule has 0 amide bonds. The molecular weight excluding hydrogens is 148 g/mol. The lowest BCUT2D eigenvalue weighted by molar-refractivity contribution is 0.404. The molecule has 0 aliphatic heterocycles. The molecule has 0 saturated carbocycles. The van der Waals surface area contributed by atoms with Crippen molar-refractivity contribution in [2.24, 2.45) is 0 Å². The quantitative estimate of drug-likeness (QED) is 0.369. The topological polar surface area (TPSA) is 60.7 Å². The molecule has 0 bridgehead atoms. The Morgan fingerprint density at radius 3 is 1.40 bits per heavy atom. The SMILES string of the molecule is O[Si].Oc1ccccc1O. The van der Waals surface area contributed by atoms with E-state index in [2.05, 4.69) is 0 Å². The zero-order valence-corrected chi connectivity index (χ0v) is 6.15. The van der Waals surface area contributed by atoms with Crippen LogP contribution in [0.1, 0.15) is 0 Å². The summed E-state index contributed by atoms with van der Waals surface area (Å²) in [6.45, 7) is 0. The molecule has 10 heavy (non-hydrogen) atoms. The molecule has 1 aromatic carbocycles. The first kappa shape index (κ1) is 9.00. The van der Waals surface area contributed by atoms with Crippen LogP contribution in [0.5, 0.6) is 11.5 Å². The lowest BCUT2D eigenvalue weighted by atomic mass is 10.3. The van der Waals surface area contributed by atoms with Gasteiger partial charge in [-0.2, -0.15) is 0 Å². The van der Waals surface area contributed by atoms with E-state index >= 15 is 0 Å². The van der Waals surface area contributed by atoms with E-state index in [9.17, 15) is 0 Å². The van der Waals surface area contributed by atoms with Gasteiger partial charge in [-0.3, -0.25) is 0 Å². The highest BCUT2D eigenvalue weighted by atomic mass is 28.2. The van der Waals surface area contributed by atoms with Gasteiger partial charge in [0.1, 0.15) is 0 Å². The molecule has 0 spiro atoms. The predicted octanol–water partition coefficient (Wildman–Crippen LogP) is 0.160. The van der Waals surface area contributed by atoms with E-state index in [1.54, 1.807) is 12.1 Å². The second-order valence-electron chi connectivity index (χ2n) is 1.49. The van der Waals surface area contributed by atoms with Gasteiger partial charge in [-0.1, -0.05) is 12.1 Å². The summed E-state index contributed by atoms with van der Waals surface area (Å²) in [4.78, 5) is 6.81. The minimum atomic E-state index is -0.0764. The molecule has 0 aromatic heterocycles. The fourth-order valence-corrected chi connectivity index (χ4v) is 0.464. The molecule has 3 nitrogen and oxygen atoms in total. The van der Waals surface area contributed by atoms with Crippen molar-refractivity contribution in [3.63, 3.8) is 0 Å². The van der Waals surface area contributed by atoms with E-state index in [-0.39, 0.29) is 11.5 Å². The van der Waals surface area contributed by atoms with Gasteiger partial charge in [0.15, 0.2) is 11.5 Å². The van der Waals surface area contributed by atoms with Gasteiger partial charge in [-0.25, -0.2) is 0 Å². The van der Waals surface area contributed by atoms with Crippen molar-refractivity contribution in [2.45, 2.75) is 0 Å². The van der Waals surface area contributed by atoms with Crippen LogP contribution in [0.3, 0.4) is 0 Å². The van der Waals surface area contributed by atoms with Gasteiger partial charge in [-0.05, 0) is 12.1 Å². The normalized spacial score (nSPS) is 7.80. The molecule has 1 aromatic rings. The highest BCUT2D eigenvalue weighted by Gasteiger charge is 1.90. The van der Waals surface area contributed by atoms with Crippen LogP contribution in [0.2, 0.25) is 0 Å². The first-order valence-electron chi connectivity index (χ1n) is 2.50. The molecular formula is C6H7O3Si. The monoisotopic (exact) mass is 155 g/mol. The van der Waals surface area contributed by atoms with E-state index in [0.29, 0.717) is 0 Å². The average molecular weight is 155 g/mol. The third-order valence-electron chi connectivity index (χ3n) is 0.882. The largest absolute Gasteiger partial charge is 0.504 e. The minimum Gasteiger partial charge on any atom is -0.504 e. The number of benzene rings is 1. The molecule has 0 heterocycles. The highest BCUT2D eigenvalue weighted by Crippen LogP contribution is 2.21. The standard InChI is InChI=1S/C6H6O2.HOSi/c7-5-3-1-2-4-6(5)8;1-2/h1-4,7-8H;1H. The second-order valence-corrected chi connectivity index (χ2v) is 1.49. The summed E-state index contributed by atoms with van der Waals surface area (Å²) in [5, 5.41) is 17.3. The molecule has 0 fully saturated rings. The van der Waals surface area contributed by atoms with Crippen molar-refractivity contribution in [2.75, 3.05) is 0 Å². The molecule has 3 N–H and O–H groups in total. The molecule has 53 valence electrons. The number of para-hydroxylation sites is 2. The fourth-order valence-electron chi connectivity index (χ4n) is 0.464. The highest BCUT2D eigenvalue weighted by molar-refractivity contribution is 5.95. The number of hydrogen-bond donors (Lipinski definition) is 3. The van der Waals surface area contributed by atoms with E-state index in [0.717, 1.165) is 0 Å². The summed E-state index contributed by atoms with van der Waals surface area (Å²) in [6, 6.07) is 6.15. The summed E-state index contributed by atoms with van der Waals surface area (Å²) in [5.41, 5.74) is 0. The summed E-state index contributed by atoms with van der Waals surface area (Å²) < 4.78 is 0. The van der Waals surface area contributed by atoms with Crippen LogP contribution in [0, 0.1) is 0 Å². The molecule has 0 atom stereocenters. The second kappa shape index (κ2) is 4.84. The number of hydrogen-bond acceptors (Lipinski definition) is 3. The Kier molecular flexibility index (Phi) is 4.35. The maximum Gasteiger partial charge on any atom is 0.240 e. The summed E-state index contributed by atoms with van der Waals surface area (Å²) in [6.07, 6.45) is 0. The van der Waals surface area contributed by atoms with Crippen LogP contribution in [-0.2, 0) is 0 Å². The number of aromatic hydroxyl groups is 2. The Balaban J connectivity index is 0.000000371. The number of rotatable bonds is 0. The zero-order chi connectivity index (χ0) is 7.98. The van der Waals surface area contributed by atoms with Crippen molar-refractivity contribution in [3.8, 4) is 11.5 Å². The first-order chi connectivity index (χ1) is 4.80. The van der Waals surface area contributed by atoms with Crippen LogP contribution in [-0.4, -0.2) is 25.5 Å². The zero-order valence-electron chi connectivity index (χ0n) is 5.15. The Hall–Kier alpha value is -1.00. The molecule has 4 heteroatoms. The Morgan fingerprint density at radius 2 is 1.20 bits per heavy atom. The van der Waals surface area contributed by atoms with Gasteiger partial charge in [0.25, 0.3) is 0 Å². The molecule has 0 aliphatic carbocycles. The van der Waals surface area contributed by atoms with Crippen LogP contribution in [0.15, 0.2) is 24.3 Å². The number of phenols is 2. The molecule has 1 rings (SSSR count). The van der Waals surface area contributed by atoms with Gasteiger partial charge in [0.2, 0.25) is 10.5 Å². The van der Waals surface area contributed by atoms with Crippen LogP contribution < -0.4 is 0 Å². The van der Waals surface area contributed by atoms with E-state index in [1.165, 1.54) is 12.1 Å². The smallest absolute Gasteiger partial charge is 0.240 e. The van der Waals surface area contributed by atoms with Gasteiger partial charge < -0.3 is 15.0 Å². The Labute approximate surface area is 62.1 Å². The van der Waals surface area contributed by atoms with Gasteiger partial charge in [0.05, 0.1) is 0 Å². The van der Waals surface area contributed by atoms with Gasteiger partial charge in [-0.15, -0.1) is 0 Å². The van der Waals surface area contributed by atoms with Crippen LogP contribution in [0.25, 0.3) is 0 Å². The van der Waals surface area contributed by atoms with Crippen molar-refractivity contribution in [1.82, 2.24) is 0 Å². The van der Waals surface area contributed by atoms with E-state index < -0.39 is 0 Å². The Morgan fingerprint density at radius 1 is 0.900 bits per heavy atom. The molecule has 3 radical (unpaired) electrons. The van der Waals surface area contributed by atoms with Gasteiger partial charge in [0, 0.05) is 0 Å². The third kappa shape index (κ3) is 2.52. The average Bonchev–Trinajstić information content (AvgIpc) is 2.00. The third-order valence-corrected chi connectivity index (χ3v) is 0.882. The minimum absolute atomic E-state index is 0.0764. The van der Waals surface area contributed by atoms with Crippen molar-refractivity contribution < 1.29 is 15.0 Å². The molecule has 0 saturated heterocycles. The van der Waals surface area contributed by atoms with Crippen LogP contribution in [0.4, 0.5) is 0 Å². The summed E-state index contributed by atoms with van der Waals surface area (Å²) in [7, 11) is 1.97. The Bertz CT molecular complexity index is 169. The van der Waals surface area contributed by atoms with E-state index in [4.69, 9.17) is 15.0 Å². The lowest BCUT2D eigenvalue weighted by Crippen LogP contribution is -1.63. The fraction of sp³-hybridized carbons (Fsp3) is 0. The maximum atomic E-state index is 8.67. The van der Waals surface area contributed by atoms with Gasteiger partial charge >= 0.3 is 0 Å². The summed E-state index contributed by atoms with van der Waals surface area (Å²) in [5.74, 6) is -0.153. The maximum absolute atomic E-state index is 8.67. The number of phenolic OH excluding ortho intramolecular Hbond substituents is 2. The summed E-state index contributed by atoms with van der Waals surface area (Å²) >= 11 is 0. The van der Waals surface area contributed by atoms with Crippen LogP contribution >= 0.6 is 0 Å². The first-order valence-corrected chi connectivity index (χ1v) is 2.95. The molecule has 0 aliphatic rings.